The second kappa shape index (κ2) is 6.63. The van der Waals surface area contributed by atoms with Crippen LogP contribution in [-0.2, 0) is 6.54 Å². The monoisotopic (exact) mass is 347 g/mol. The summed E-state index contributed by atoms with van der Waals surface area (Å²) < 4.78 is 1.14. The lowest BCUT2D eigenvalue weighted by Crippen LogP contribution is -2.13. The molecule has 0 saturated carbocycles. The van der Waals surface area contributed by atoms with Crippen molar-refractivity contribution in [2.75, 3.05) is 5.32 Å². The molecular formula is C16H18BrN3O. The molecular weight excluding hydrogens is 330 g/mol. The van der Waals surface area contributed by atoms with Gasteiger partial charge < -0.3 is 16.3 Å². The summed E-state index contributed by atoms with van der Waals surface area (Å²) in [5.41, 5.74) is 10.8. The normalized spacial score (nSPS) is 11.5. The van der Waals surface area contributed by atoms with Crippen molar-refractivity contribution < 1.29 is 5.21 Å². The van der Waals surface area contributed by atoms with Crippen LogP contribution in [0.5, 0.6) is 0 Å². The summed E-state index contributed by atoms with van der Waals surface area (Å²) in [5, 5.41) is 15.1. The molecule has 0 aliphatic heterocycles. The van der Waals surface area contributed by atoms with Crippen LogP contribution in [0.2, 0.25) is 0 Å². The number of amidine groups is 1. The summed E-state index contributed by atoms with van der Waals surface area (Å²) >= 11 is 3.56. The third-order valence-electron chi connectivity index (χ3n) is 3.26. The van der Waals surface area contributed by atoms with E-state index in [9.17, 15) is 0 Å². The number of nitrogens with zero attached hydrogens (tertiary/aromatic N) is 1. The lowest BCUT2D eigenvalue weighted by molar-refractivity contribution is 0.318. The van der Waals surface area contributed by atoms with Gasteiger partial charge >= 0.3 is 0 Å². The first kappa shape index (κ1) is 15.4. The van der Waals surface area contributed by atoms with Crippen molar-refractivity contribution in [2.24, 2.45) is 10.9 Å². The van der Waals surface area contributed by atoms with Gasteiger partial charge in [-0.3, -0.25) is 0 Å². The van der Waals surface area contributed by atoms with Crippen LogP contribution in [0.15, 0.2) is 46.0 Å². The molecule has 0 radical (unpaired) electrons. The molecule has 0 aliphatic carbocycles. The fourth-order valence-corrected chi connectivity index (χ4v) is 2.38. The molecule has 0 aromatic heterocycles. The first-order valence-corrected chi connectivity index (χ1v) is 7.38. The zero-order valence-electron chi connectivity index (χ0n) is 12.0. The molecule has 2 aromatic rings. The van der Waals surface area contributed by atoms with Crippen LogP contribution < -0.4 is 11.1 Å². The van der Waals surface area contributed by atoms with Gasteiger partial charge in [0.25, 0.3) is 0 Å². The molecule has 21 heavy (non-hydrogen) atoms. The molecule has 110 valence electrons. The highest BCUT2D eigenvalue weighted by Crippen LogP contribution is 2.25. The first-order valence-electron chi connectivity index (χ1n) is 6.58. The van der Waals surface area contributed by atoms with E-state index in [1.807, 2.05) is 24.3 Å². The highest BCUT2D eigenvalue weighted by atomic mass is 79.9. The third kappa shape index (κ3) is 3.76. The van der Waals surface area contributed by atoms with Gasteiger partial charge in [-0.1, -0.05) is 39.3 Å². The highest BCUT2D eigenvalue weighted by molar-refractivity contribution is 9.10. The van der Waals surface area contributed by atoms with E-state index in [0.717, 1.165) is 15.7 Å². The van der Waals surface area contributed by atoms with E-state index in [1.54, 1.807) is 0 Å². The van der Waals surface area contributed by atoms with Crippen LogP contribution in [0, 0.1) is 13.8 Å². The Kier molecular flexibility index (Phi) is 4.85. The summed E-state index contributed by atoms with van der Waals surface area (Å²) in [4.78, 5) is 0. The van der Waals surface area contributed by atoms with Gasteiger partial charge in [0.2, 0.25) is 0 Å². The van der Waals surface area contributed by atoms with Crippen LogP contribution in [0.4, 0.5) is 5.69 Å². The Morgan fingerprint density at radius 2 is 1.90 bits per heavy atom. The van der Waals surface area contributed by atoms with Gasteiger partial charge in [-0.2, -0.15) is 0 Å². The van der Waals surface area contributed by atoms with Gasteiger partial charge in [0.1, 0.15) is 0 Å². The van der Waals surface area contributed by atoms with Gasteiger partial charge in [0.05, 0.1) is 0 Å². The van der Waals surface area contributed by atoms with Gasteiger partial charge in [-0.15, -0.1) is 0 Å². The van der Waals surface area contributed by atoms with Gasteiger partial charge in [-0.05, 0) is 48.7 Å². The zero-order valence-corrected chi connectivity index (χ0v) is 13.6. The largest absolute Gasteiger partial charge is 0.409 e. The molecule has 0 saturated heterocycles. The van der Waals surface area contributed by atoms with Crippen molar-refractivity contribution in [1.82, 2.24) is 0 Å². The van der Waals surface area contributed by atoms with Crippen LogP contribution in [-0.4, -0.2) is 11.0 Å². The predicted octanol–water partition coefficient (Wildman–Crippen LogP) is 3.77. The average molecular weight is 348 g/mol. The Morgan fingerprint density at radius 3 is 2.52 bits per heavy atom. The number of aryl methyl sites for hydroxylation is 2. The molecule has 0 spiro atoms. The van der Waals surface area contributed by atoms with Crippen LogP contribution in [0.1, 0.15) is 22.3 Å². The molecule has 0 heterocycles. The molecule has 0 aliphatic rings. The molecule has 0 atom stereocenters. The van der Waals surface area contributed by atoms with E-state index >= 15 is 0 Å². The van der Waals surface area contributed by atoms with Gasteiger partial charge in [0.15, 0.2) is 5.84 Å². The van der Waals surface area contributed by atoms with E-state index in [0.29, 0.717) is 12.1 Å². The Morgan fingerprint density at radius 1 is 1.24 bits per heavy atom. The van der Waals surface area contributed by atoms with Crippen LogP contribution in [0.25, 0.3) is 0 Å². The third-order valence-corrected chi connectivity index (χ3v) is 4.51. The molecule has 4 N–H and O–H groups in total. The van der Waals surface area contributed by atoms with E-state index in [-0.39, 0.29) is 5.84 Å². The van der Waals surface area contributed by atoms with E-state index in [2.05, 4.69) is 52.4 Å². The minimum Gasteiger partial charge on any atom is -0.409 e. The van der Waals surface area contributed by atoms with Crippen molar-refractivity contribution in [2.45, 2.75) is 20.4 Å². The Labute approximate surface area is 132 Å². The average Bonchev–Trinajstić information content (AvgIpc) is 2.50. The molecule has 2 rings (SSSR count). The Bertz CT molecular complexity index is 660. The number of nitrogens with two attached hydrogens (primary N) is 1. The number of benzene rings is 2. The standard InChI is InChI=1S/C16H18BrN3O/c1-10-6-14(7-11(2)15(10)17)19-9-12-4-3-5-13(8-12)16(18)20-21/h3-8,19,21H,9H2,1-2H3,(H2,18,20). The molecule has 5 heteroatoms. The summed E-state index contributed by atoms with van der Waals surface area (Å²) in [6.45, 7) is 4.82. The van der Waals surface area contributed by atoms with Gasteiger partial charge in [0, 0.05) is 22.3 Å². The highest BCUT2D eigenvalue weighted by Gasteiger charge is 2.04. The lowest BCUT2D eigenvalue weighted by Gasteiger charge is -2.11. The first-order chi connectivity index (χ1) is 10.0. The minimum atomic E-state index is 0.118. The number of halogens is 1. The number of anilines is 1. The quantitative estimate of drug-likeness (QED) is 0.341. The fourth-order valence-electron chi connectivity index (χ4n) is 2.15. The second-order valence-electron chi connectivity index (χ2n) is 4.96. The van der Waals surface area contributed by atoms with Gasteiger partial charge in [-0.25, -0.2) is 0 Å². The predicted molar refractivity (Wildman–Crippen MR) is 89.9 cm³/mol. The number of hydrogen-bond donors (Lipinski definition) is 3. The number of rotatable bonds is 4. The maximum Gasteiger partial charge on any atom is 0.170 e. The smallest absolute Gasteiger partial charge is 0.170 e. The summed E-state index contributed by atoms with van der Waals surface area (Å²) in [6.07, 6.45) is 0. The maximum atomic E-state index is 8.72. The molecule has 2 aromatic carbocycles. The topological polar surface area (TPSA) is 70.6 Å². The van der Waals surface area contributed by atoms with E-state index in [4.69, 9.17) is 10.9 Å². The summed E-state index contributed by atoms with van der Waals surface area (Å²) in [7, 11) is 0. The number of oxime groups is 1. The van der Waals surface area contributed by atoms with E-state index < -0.39 is 0 Å². The van der Waals surface area contributed by atoms with Crippen LogP contribution >= 0.6 is 15.9 Å². The molecule has 0 unspecified atom stereocenters. The Balaban J connectivity index is 2.13. The minimum absolute atomic E-state index is 0.118. The summed E-state index contributed by atoms with van der Waals surface area (Å²) in [6, 6.07) is 11.8. The maximum absolute atomic E-state index is 8.72. The SMILES string of the molecule is Cc1cc(NCc2cccc(/C(N)=N/O)c2)cc(C)c1Br. The lowest BCUT2D eigenvalue weighted by atomic mass is 10.1. The summed E-state index contributed by atoms with van der Waals surface area (Å²) in [5.74, 6) is 0.118. The molecule has 4 nitrogen and oxygen atoms in total. The fraction of sp³-hybridized carbons (Fsp3) is 0.188. The van der Waals surface area contributed by atoms with Crippen molar-refractivity contribution in [1.29, 1.82) is 0 Å². The second-order valence-corrected chi connectivity index (χ2v) is 5.76. The molecule has 0 bridgehead atoms. The molecule has 0 amide bonds. The van der Waals surface area contributed by atoms with Crippen molar-refractivity contribution in [3.63, 3.8) is 0 Å². The van der Waals surface area contributed by atoms with Crippen molar-refractivity contribution >= 4 is 27.5 Å². The van der Waals surface area contributed by atoms with E-state index in [1.165, 1.54) is 11.1 Å². The van der Waals surface area contributed by atoms with Crippen molar-refractivity contribution in [3.05, 3.63) is 63.1 Å². The zero-order chi connectivity index (χ0) is 15.4. The number of nitrogens with one attached hydrogen (secondary N) is 1. The van der Waals surface area contributed by atoms with Crippen molar-refractivity contribution in [3.8, 4) is 0 Å². The Hall–Kier alpha value is -2.01. The molecule has 0 fully saturated rings. The number of hydrogen-bond acceptors (Lipinski definition) is 3. The van der Waals surface area contributed by atoms with Crippen LogP contribution in [0.3, 0.4) is 0 Å².